The fourth-order valence-corrected chi connectivity index (χ4v) is 5.03. The van der Waals surface area contributed by atoms with Gasteiger partial charge < -0.3 is 5.32 Å². The van der Waals surface area contributed by atoms with E-state index in [1.807, 2.05) is 25.1 Å². The van der Waals surface area contributed by atoms with Crippen molar-refractivity contribution in [2.75, 3.05) is 5.32 Å². The molecule has 1 atom stereocenters. The number of rotatable bonds is 2. The van der Waals surface area contributed by atoms with Gasteiger partial charge in [-0.2, -0.15) is 23.0 Å². The van der Waals surface area contributed by atoms with Crippen molar-refractivity contribution in [3.8, 4) is 5.13 Å². The van der Waals surface area contributed by atoms with Crippen molar-refractivity contribution in [2.24, 2.45) is 0 Å². The van der Waals surface area contributed by atoms with Gasteiger partial charge in [-0.1, -0.05) is 35.6 Å². The van der Waals surface area contributed by atoms with Crippen LogP contribution in [0.1, 0.15) is 40.3 Å². The van der Waals surface area contributed by atoms with Gasteiger partial charge in [-0.25, -0.2) is 4.98 Å². The smallest absolute Gasteiger partial charge is 0.310 e. The molecule has 0 saturated heterocycles. The number of hydrogen-bond donors (Lipinski definition) is 1. The van der Waals surface area contributed by atoms with Gasteiger partial charge in [-0.3, -0.25) is 4.79 Å². The maximum atomic E-state index is 13.2. The van der Waals surface area contributed by atoms with E-state index >= 15 is 0 Å². The number of anilines is 1. The van der Waals surface area contributed by atoms with Crippen LogP contribution in [-0.4, -0.2) is 20.7 Å². The first-order valence-corrected chi connectivity index (χ1v) is 10.5. The van der Waals surface area contributed by atoms with Gasteiger partial charge in [-0.15, -0.1) is 0 Å². The molecule has 1 N–H and O–H groups in total. The number of fused-ring (bicyclic) bond motifs is 2. The highest BCUT2D eigenvalue weighted by atomic mass is 32.1. The average Bonchev–Trinajstić information content (AvgIpc) is 3.27. The number of benzene rings is 2. The fourth-order valence-electron chi connectivity index (χ4n) is 4.01. The number of aryl methyl sites for hydroxylation is 2. The predicted molar refractivity (Wildman–Crippen MR) is 113 cm³/mol. The van der Waals surface area contributed by atoms with Gasteiger partial charge in [0.15, 0.2) is 0 Å². The van der Waals surface area contributed by atoms with Crippen molar-refractivity contribution in [1.29, 1.82) is 0 Å². The van der Waals surface area contributed by atoms with E-state index in [9.17, 15) is 18.0 Å². The third-order valence-electron chi connectivity index (χ3n) is 5.43. The minimum absolute atomic E-state index is 0.0554. The first-order valence-electron chi connectivity index (χ1n) is 9.65. The van der Waals surface area contributed by atoms with Crippen LogP contribution in [0, 0.1) is 13.8 Å². The van der Waals surface area contributed by atoms with Crippen LogP contribution in [0.15, 0.2) is 42.5 Å². The molecule has 1 aliphatic heterocycles. The zero-order valence-corrected chi connectivity index (χ0v) is 17.4. The molecule has 2 aromatic carbocycles. The second kappa shape index (κ2) is 6.91. The highest BCUT2D eigenvalue weighted by Gasteiger charge is 2.35. The number of nitrogens with zero attached hydrogens (tertiary/aromatic N) is 3. The molecule has 0 saturated carbocycles. The summed E-state index contributed by atoms with van der Waals surface area (Å²) in [5.41, 5.74) is 3.00. The zero-order chi connectivity index (χ0) is 21.9. The largest absolute Gasteiger partial charge is 0.416 e. The first-order chi connectivity index (χ1) is 14.7. The third-order valence-corrected chi connectivity index (χ3v) is 6.43. The summed E-state index contributed by atoms with van der Waals surface area (Å²) in [6, 6.07) is 11.1. The zero-order valence-electron chi connectivity index (χ0n) is 16.6. The number of halogens is 3. The van der Waals surface area contributed by atoms with Crippen molar-refractivity contribution in [1.82, 2.24) is 14.8 Å². The number of aromatic nitrogens is 3. The molecule has 1 aliphatic rings. The highest BCUT2D eigenvalue weighted by molar-refractivity contribution is 7.20. The van der Waals surface area contributed by atoms with Gasteiger partial charge in [0.05, 0.1) is 21.5 Å². The van der Waals surface area contributed by atoms with Gasteiger partial charge in [0.2, 0.25) is 11.0 Å². The SMILES string of the molecule is Cc1ccc2nc(-n3nc(C)c4c3NC(=O)C[C@H]4c3cccc(C(F)(F)F)c3)sc2c1. The molecule has 31 heavy (non-hydrogen) atoms. The summed E-state index contributed by atoms with van der Waals surface area (Å²) in [6.07, 6.45) is -4.39. The molecule has 9 heteroatoms. The molecule has 3 heterocycles. The summed E-state index contributed by atoms with van der Waals surface area (Å²) in [7, 11) is 0. The summed E-state index contributed by atoms with van der Waals surface area (Å²) in [6.45, 7) is 3.80. The van der Waals surface area contributed by atoms with Crippen molar-refractivity contribution in [3.05, 3.63) is 70.4 Å². The van der Waals surface area contributed by atoms with E-state index in [1.54, 1.807) is 17.7 Å². The number of thiazole rings is 1. The number of amides is 1. The fraction of sp³-hybridized carbons (Fsp3) is 0.227. The minimum Gasteiger partial charge on any atom is -0.310 e. The minimum atomic E-state index is -4.45. The van der Waals surface area contributed by atoms with Gasteiger partial charge in [0, 0.05) is 17.9 Å². The maximum absolute atomic E-state index is 13.2. The van der Waals surface area contributed by atoms with E-state index in [0.717, 1.165) is 33.5 Å². The summed E-state index contributed by atoms with van der Waals surface area (Å²) in [5.74, 6) is -0.323. The Morgan fingerprint density at radius 3 is 2.74 bits per heavy atom. The van der Waals surface area contributed by atoms with E-state index < -0.39 is 17.7 Å². The molecule has 1 amide bonds. The second-order valence-corrected chi connectivity index (χ2v) is 8.66. The Balaban J connectivity index is 1.65. The lowest BCUT2D eigenvalue weighted by molar-refractivity contribution is -0.137. The monoisotopic (exact) mass is 442 g/mol. The Kier molecular flexibility index (Phi) is 4.40. The predicted octanol–water partition coefficient (Wildman–Crippen LogP) is 5.59. The second-order valence-electron chi connectivity index (χ2n) is 7.66. The van der Waals surface area contributed by atoms with E-state index in [-0.39, 0.29) is 12.3 Å². The lowest BCUT2D eigenvalue weighted by Crippen LogP contribution is -2.25. The quantitative estimate of drug-likeness (QED) is 0.440. The standard InChI is InChI=1S/C22H17F3N4OS/c1-11-6-7-16-17(8-11)31-21(26-16)29-20-19(12(2)28-29)15(10-18(30)27-20)13-4-3-5-14(9-13)22(23,24)25/h3-9,15H,10H2,1-2H3,(H,27,30)/t15-/m0/s1. The van der Waals surface area contributed by atoms with Crippen molar-refractivity contribution < 1.29 is 18.0 Å². The van der Waals surface area contributed by atoms with Crippen LogP contribution in [-0.2, 0) is 11.0 Å². The summed E-state index contributed by atoms with van der Waals surface area (Å²) < 4.78 is 42.3. The molecule has 0 fully saturated rings. The Morgan fingerprint density at radius 2 is 1.97 bits per heavy atom. The molecule has 5 rings (SSSR count). The van der Waals surface area contributed by atoms with Crippen LogP contribution in [0.25, 0.3) is 15.3 Å². The van der Waals surface area contributed by atoms with Crippen LogP contribution in [0.4, 0.5) is 19.0 Å². The average molecular weight is 442 g/mol. The summed E-state index contributed by atoms with van der Waals surface area (Å²) >= 11 is 1.44. The highest BCUT2D eigenvalue weighted by Crippen LogP contribution is 2.42. The van der Waals surface area contributed by atoms with Crippen molar-refractivity contribution >= 4 is 33.3 Å². The summed E-state index contributed by atoms with van der Waals surface area (Å²) in [5, 5.41) is 8.04. The van der Waals surface area contributed by atoms with E-state index in [0.29, 0.717) is 22.2 Å². The van der Waals surface area contributed by atoms with Crippen LogP contribution in [0.2, 0.25) is 0 Å². The van der Waals surface area contributed by atoms with Crippen LogP contribution < -0.4 is 5.32 Å². The molecule has 2 aromatic heterocycles. The molecule has 0 radical (unpaired) electrons. The molecular formula is C22H17F3N4OS. The lowest BCUT2D eigenvalue weighted by Gasteiger charge is -2.24. The molecule has 158 valence electrons. The number of hydrogen-bond acceptors (Lipinski definition) is 4. The molecular weight excluding hydrogens is 425 g/mol. The van der Waals surface area contributed by atoms with E-state index in [1.165, 1.54) is 17.4 Å². The maximum Gasteiger partial charge on any atom is 0.416 e. The van der Waals surface area contributed by atoms with Gasteiger partial charge >= 0.3 is 6.18 Å². The topological polar surface area (TPSA) is 59.8 Å². The molecule has 0 unspecified atom stereocenters. The third kappa shape index (κ3) is 3.38. The van der Waals surface area contributed by atoms with Crippen LogP contribution in [0.3, 0.4) is 0 Å². The molecule has 0 bridgehead atoms. The first kappa shape index (κ1) is 19.7. The van der Waals surface area contributed by atoms with Gasteiger partial charge in [-0.05, 0) is 43.2 Å². The number of alkyl halides is 3. The number of nitrogens with one attached hydrogen (secondary N) is 1. The van der Waals surface area contributed by atoms with Gasteiger partial charge in [0.1, 0.15) is 5.82 Å². The van der Waals surface area contributed by atoms with Crippen molar-refractivity contribution in [3.63, 3.8) is 0 Å². The Hall–Kier alpha value is -3.20. The lowest BCUT2D eigenvalue weighted by atomic mass is 9.85. The van der Waals surface area contributed by atoms with Crippen molar-refractivity contribution in [2.45, 2.75) is 32.4 Å². The molecule has 5 nitrogen and oxygen atoms in total. The molecule has 4 aromatic rings. The number of carbonyl (C=O) groups is 1. The van der Waals surface area contributed by atoms with E-state index in [2.05, 4.69) is 15.4 Å². The Bertz CT molecular complexity index is 1340. The van der Waals surface area contributed by atoms with E-state index in [4.69, 9.17) is 0 Å². The Morgan fingerprint density at radius 1 is 1.16 bits per heavy atom. The number of carbonyl (C=O) groups excluding carboxylic acids is 1. The molecule has 0 aliphatic carbocycles. The molecule has 0 spiro atoms. The van der Waals surface area contributed by atoms with Crippen LogP contribution >= 0.6 is 11.3 Å². The van der Waals surface area contributed by atoms with Crippen LogP contribution in [0.5, 0.6) is 0 Å². The normalized spacial score (nSPS) is 16.4. The van der Waals surface area contributed by atoms with Gasteiger partial charge in [0.25, 0.3) is 0 Å². The Labute approximate surface area is 179 Å². The summed E-state index contributed by atoms with van der Waals surface area (Å²) in [4.78, 5) is 17.1.